The third-order valence-electron chi connectivity index (χ3n) is 0.461. The van der Waals surface area contributed by atoms with Gasteiger partial charge in [0.05, 0.1) is 0 Å². The van der Waals surface area contributed by atoms with Crippen LogP contribution in [0.5, 0.6) is 0 Å². The molecule has 0 aromatic carbocycles. The van der Waals surface area contributed by atoms with E-state index in [9.17, 15) is 26.3 Å². The van der Waals surface area contributed by atoms with E-state index in [1.807, 2.05) is 0 Å². The first-order valence-corrected chi connectivity index (χ1v) is 4.12. The Labute approximate surface area is 57.6 Å². The van der Waals surface area contributed by atoms with Crippen LogP contribution >= 0.6 is 6.70 Å². The SMILES string of the molecule is FC(F)(F)[P+](=S)C(F)(F)F. The summed E-state index contributed by atoms with van der Waals surface area (Å²) >= 11 is 3.23. The average Bonchev–Trinajstić information content (AvgIpc) is 1.59. The van der Waals surface area contributed by atoms with Gasteiger partial charge in [0, 0.05) is 0 Å². The van der Waals surface area contributed by atoms with E-state index in [1.54, 1.807) is 0 Å². The predicted octanol–water partition coefficient (Wildman–Crippen LogP) is 2.97. The molecular weight excluding hydrogens is 201 g/mol. The molecule has 0 aliphatic rings. The monoisotopic (exact) mass is 201 g/mol. The van der Waals surface area contributed by atoms with Gasteiger partial charge in [-0.25, -0.2) is 0 Å². The van der Waals surface area contributed by atoms with Gasteiger partial charge in [0.2, 0.25) is 0 Å². The highest BCUT2D eigenvalue weighted by Gasteiger charge is 2.65. The topological polar surface area (TPSA) is 0 Å². The summed E-state index contributed by atoms with van der Waals surface area (Å²) in [6, 6.07) is 0. The van der Waals surface area contributed by atoms with Crippen molar-refractivity contribution in [2.75, 3.05) is 0 Å². The molecule has 10 heavy (non-hydrogen) atoms. The molecule has 0 nitrogen and oxygen atoms in total. The first kappa shape index (κ1) is 10.1. The molecule has 0 amide bonds. The lowest BCUT2D eigenvalue weighted by Crippen LogP contribution is -2.12. The second kappa shape index (κ2) is 2.62. The van der Waals surface area contributed by atoms with Crippen LogP contribution in [0.2, 0.25) is 0 Å². The van der Waals surface area contributed by atoms with Gasteiger partial charge in [-0.15, -0.1) is 26.3 Å². The molecule has 0 bridgehead atoms. The normalized spacial score (nSPS) is 13.4. The maximum absolute atomic E-state index is 11.1. The van der Waals surface area contributed by atoms with E-state index in [0.29, 0.717) is 0 Å². The number of hydrogen-bond acceptors (Lipinski definition) is 1. The molecule has 0 aromatic rings. The lowest BCUT2D eigenvalue weighted by molar-refractivity contribution is -0.0784. The van der Waals surface area contributed by atoms with Gasteiger partial charge in [0.1, 0.15) is 0 Å². The average molecular weight is 201 g/mol. The number of hydrogen-bond donors (Lipinski definition) is 0. The van der Waals surface area contributed by atoms with Gasteiger partial charge in [-0.05, 0) is 0 Å². The van der Waals surface area contributed by atoms with E-state index in [-0.39, 0.29) is 0 Å². The van der Waals surface area contributed by atoms with E-state index in [2.05, 4.69) is 11.8 Å². The molecule has 60 valence electrons. The molecule has 0 aromatic heterocycles. The third kappa shape index (κ3) is 2.79. The fraction of sp³-hybridized carbons (Fsp3) is 1.00. The van der Waals surface area contributed by atoms with Crippen molar-refractivity contribution < 1.29 is 26.3 Å². The van der Waals surface area contributed by atoms with Crippen LogP contribution in [-0.4, -0.2) is 11.8 Å². The van der Waals surface area contributed by atoms with E-state index >= 15 is 0 Å². The predicted molar refractivity (Wildman–Crippen MR) is 26.4 cm³/mol. The zero-order valence-corrected chi connectivity index (χ0v) is 5.83. The maximum Gasteiger partial charge on any atom is 0.586 e. The Morgan fingerprint density at radius 1 is 0.800 bits per heavy atom. The van der Waals surface area contributed by atoms with Crippen molar-refractivity contribution in [3.8, 4) is 0 Å². The van der Waals surface area contributed by atoms with E-state index < -0.39 is 18.5 Å². The van der Waals surface area contributed by atoms with E-state index in [4.69, 9.17) is 0 Å². The molecule has 0 unspecified atom stereocenters. The minimum atomic E-state index is -5.30. The summed E-state index contributed by atoms with van der Waals surface area (Å²) in [6.45, 7) is -4.28. The summed E-state index contributed by atoms with van der Waals surface area (Å²) in [5.41, 5.74) is 0. The number of alkyl halides is 6. The highest BCUT2D eigenvalue weighted by atomic mass is 32.4. The van der Waals surface area contributed by atoms with Crippen LogP contribution in [0.25, 0.3) is 0 Å². The van der Waals surface area contributed by atoms with Crippen LogP contribution < -0.4 is 0 Å². The molecule has 0 saturated carbocycles. The molecule has 0 rings (SSSR count). The Kier molecular flexibility index (Phi) is 2.64. The highest BCUT2D eigenvalue weighted by molar-refractivity contribution is 8.06. The second-order valence-corrected chi connectivity index (χ2v) is 3.93. The van der Waals surface area contributed by atoms with E-state index in [1.165, 1.54) is 0 Å². The van der Waals surface area contributed by atoms with Crippen LogP contribution in [0, 0.1) is 0 Å². The molecule has 8 heteroatoms. The van der Waals surface area contributed by atoms with Crippen molar-refractivity contribution in [2.45, 2.75) is 11.8 Å². The van der Waals surface area contributed by atoms with Crippen molar-refractivity contribution >= 4 is 18.5 Å². The molecule has 0 aliphatic heterocycles. The quantitative estimate of drug-likeness (QED) is 0.428. The van der Waals surface area contributed by atoms with E-state index in [0.717, 1.165) is 0 Å². The summed E-state index contributed by atoms with van der Waals surface area (Å²) in [6.07, 6.45) is 0. The first-order valence-electron chi connectivity index (χ1n) is 1.76. The molecule has 0 heterocycles. The van der Waals surface area contributed by atoms with Gasteiger partial charge in [-0.1, -0.05) is 0 Å². The first-order chi connectivity index (χ1) is 4.15. The minimum Gasteiger partial charge on any atom is -0.127 e. The Balaban J connectivity index is 4.40. The van der Waals surface area contributed by atoms with Crippen molar-refractivity contribution in [1.29, 1.82) is 0 Å². The van der Waals surface area contributed by atoms with Crippen LogP contribution in [0.4, 0.5) is 26.3 Å². The summed E-state index contributed by atoms with van der Waals surface area (Å²) < 4.78 is 66.9. The Hall–Kier alpha value is 0.1000. The van der Waals surface area contributed by atoms with Crippen LogP contribution in [0.1, 0.15) is 0 Å². The molecule has 0 fully saturated rings. The molecule has 0 aliphatic carbocycles. The Bertz CT molecular complexity index is 127. The smallest absolute Gasteiger partial charge is 0.127 e. The summed E-state index contributed by atoms with van der Waals surface area (Å²) in [4.78, 5) is 0. The lowest BCUT2D eigenvalue weighted by atomic mass is 11.5. The van der Waals surface area contributed by atoms with Crippen LogP contribution in [-0.2, 0) is 11.8 Å². The third-order valence-corrected chi connectivity index (χ3v) is 2.62. The van der Waals surface area contributed by atoms with Crippen molar-refractivity contribution in [3.63, 3.8) is 0 Å². The number of halogens is 6. The summed E-state index contributed by atoms with van der Waals surface area (Å²) in [7, 11) is 0. The van der Waals surface area contributed by atoms with Crippen LogP contribution in [0.15, 0.2) is 0 Å². The molecular formula is C2F6PS+. The van der Waals surface area contributed by atoms with Crippen LogP contribution in [0.3, 0.4) is 0 Å². The fourth-order valence-corrected chi connectivity index (χ4v) is 0.431. The van der Waals surface area contributed by atoms with Gasteiger partial charge in [0.25, 0.3) is 0 Å². The fourth-order valence-electron chi connectivity index (χ4n) is 0.144. The maximum atomic E-state index is 11.1. The van der Waals surface area contributed by atoms with Gasteiger partial charge >= 0.3 is 18.5 Å². The van der Waals surface area contributed by atoms with Gasteiger partial charge in [-0.2, -0.15) is 0 Å². The Morgan fingerprint density at radius 2 is 1.00 bits per heavy atom. The largest absolute Gasteiger partial charge is 0.586 e. The number of rotatable bonds is 0. The molecule has 0 radical (unpaired) electrons. The summed E-state index contributed by atoms with van der Waals surface area (Å²) in [5.74, 6) is -10.6. The lowest BCUT2D eigenvalue weighted by Gasteiger charge is -1.97. The van der Waals surface area contributed by atoms with Crippen molar-refractivity contribution in [3.05, 3.63) is 0 Å². The minimum absolute atomic E-state index is 3.23. The molecule has 0 N–H and O–H groups in total. The van der Waals surface area contributed by atoms with Crippen molar-refractivity contribution in [2.24, 2.45) is 0 Å². The standard InChI is InChI=1S/C2F6PS/c3-1(4,5)9(10)2(6,7)8/q+1. The highest BCUT2D eigenvalue weighted by Crippen LogP contribution is 2.55. The Morgan fingerprint density at radius 3 is 1.00 bits per heavy atom. The molecule has 0 atom stereocenters. The zero-order valence-electron chi connectivity index (χ0n) is 4.12. The second-order valence-electron chi connectivity index (χ2n) is 1.23. The van der Waals surface area contributed by atoms with Crippen molar-refractivity contribution in [1.82, 2.24) is 0 Å². The molecule has 0 saturated heterocycles. The van der Waals surface area contributed by atoms with Gasteiger partial charge in [-0.3, -0.25) is 0 Å². The van der Waals surface area contributed by atoms with Gasteiger partial charge < -0.3 is 0 Å². The zero-order chi connectivity index (χ0) is 8.58. The van der Waals surface area contributed by atoms with Gasteiger partial charge in [0.15, 0.2) is 11.8 Å². The molecule has 0 spiro atoms. The summed E-state index contributed by atoms with van der Waals surface area (Å²) in [5, 5.41) is 0.